The van der Waals surface area contributed by atoms with E-state index in [0.717, 1.165) is 0 Å². The highest BCUT2D eigenvalue weighted by atomic mass is 79.9. The molecule has 1 aromatic carbocycles. The van der Waals surface area contributed by atoms with Crippen LogP contribution in [-0.2, 0) is 16.6 Å². The molecule has 0 saturated carbocycles. The molecule has 2 rings (SSSR count). The fourth-order valence-electron chi connectivity index (χ4n) is 1.62. The van der Waals surface area contributed by atoms with Gasteiger partial charge in [-0.15, -0.1) is 0 Å². The zero-order valence-corrected chi connectivity index (χ0v) is 14.7. The van der Waals surface area contributed by atoms with E-state index in [1.54, 1.807) is 13.1 Å². The largest absolute Gasteiger partial charge is 0.451 e. The van der Waals surface area contributed by atoms with Gasteiger partial charge in [0.2, 0.25) is 0 Å². The molecule has 0 unspecified atom stereocenters. The summed E-state index contributed by atoms with van der Waals surface area (Å²) < 4.78 is 32.6. The quantitative estimate of drug-likeness (QED) is 0.780. The summed E-state index contributed by atoms with van der Waals surface area (Å²) in [5.41, 5.74) is 0.201. The van der Waals surface area contributed by atoms with Crippen molar-refractivity contribution in [2.75, 3.05) is 11.8 Å². The van der Waals surface area contributed by atoms with Gasteiger partial charge in [0, 0.05) is 11.1 Å². The Morgan fingerprint density at radius 3 is 2.67 bits per heavy atom. The van der Waals surface area contributed by atoms with Gasteiger partial charge >= 0.3 is 0 Å². The molecule has 0 spiro atoms. The second kappa shape index (κ2) is 6.58. The number of furan rings is 1. The minimum Gasteiger partial charge on any atom is -0.451 e. The Morgan fingerprint density at radius 2 is 2.00 bits per heavy atom. The van der Waals surface area contributed by atoms with Crippen molar-refractivity contribution in [3.8, 4) is 0 Å². The van der Waals surface area contributed by atoms with Crippen LogP contribution in [0.4, 0.5) is 5.69 Å². The summed E-state index contributed by atoms with van der Waals surface area (Å²) in [7, 11) is -2.11. The summed E-state index contributed by atoms with van der Waals surface area (Å²) in [5.74, 6) is 0.488. The first-order valence-electron chi connectivity index (χ1n) is 5.74. The minimum absolute atomic E-state index is 0.0104. The average Bonchev–Trinajstić information content (AvgIpc) is 2.76. The summed E-state index contributed by atoms with van der Waals surface area (Å²) in [6, 6.07) is 5.95. The van der Waals surface area contributed by atoms with E-state index in [0.29, 0.717) is 17.3 Å². The highest BCUT2D eigenvalue weighted by molar-refractivity contribution is 9.10. The van der Waals surface area contributed by atoms with Gasteiger partial charge in [0.25, 0.3) is 10.0 Å². The monoisotopic (exact) mass is 412 g/mol. The molecule has 0 aliphatic rings. The highest BCUT2D eigenvalue weighted by Gasteiger charge is 2.23. The normalized spacial score (nSPS) is 11.6. The van der Waals surface area contributed by atoms with Crippen LogP contribution in [0.15, 0.2) is 38.2 Å². The van der Waals surface area contributed by atoms with Gasteiger partial charge in [-0.3, -0.25) is 4.72 Å². The molecule has 0 radical (unpaired) electrons. The molecule has 21 heavy (non-hydrogen) atoms. The van der Waals surface area contributed by atoms with Gasteiger partial charge in [0.15, 0.2) is 4.67 Å². The van der Waals surface area contributed by atoms with Gasteiger partial charge in [-0.2, -0.15) is 0 Å². The Hall–Kier alpha value is -0.730. The third-order valence-electron chi connectivity index (χ3n) is 2.52. The van der Waals surface area contributed by atoms with Crippen LogP contribution in [-0.4, -0.2) is 15.5 Å². The zero-order valence-electron chi connectivity index (χ0n) is 10.8. The van der Waals surface area contributed by atoms with Crippen LogP contribution in [0.25, 0.3) is 0 Å². The molecular weight excluding hydrogens is 403 g/mol. The van der Waals surface area contributed by atoms with Crippen LogP contribution in [0.5, 0.6) is 0 Å². The lowest BCUT2D eigenvalue weighted by molar-refractivity contribution is 0.470. The lowest BCUT2D eigenvalue weighted by Crippen LogP contribution is -2.13. The molecule has 1 heterocycles. The Bertz CT molecular complexity index is 762. The number of hydrogen-bond donors (Lipinski definition) is 2. The second-order valence-corrected chi connectivity index (χ2v) is 7.33. The van der Waals surface area contributed by atoms with E-state index in [2.05, 4.69) is 26.0 Å². The molecule has 114 valence electrons. The number of anilines is 1. The topological polar surface area (TPSA) is 71.3 Å². The van der Waals surface area contributed by atoms with Crippen LogP contribution in [0.3, 0.4) is 0 Å². The Morgan fingerprint density at radius 1 is 1.29 bits per heavy atom. The van der Waals surface area contributed by atoms with Crippen LogP contribution in [0, 0.1) is 0 Å². The van der Waals surface area contributed by atoms with Crippen molar-refractivity contribution < 1.29 is 12.8 Å². The van der Waals surface area contributed by atoms with Crippen LogP contribution < -0.4 is 10.0 Å². The smallest absolute Gasteiger partial charge is 0.266 e. The van der Waals surface area contributed by atoms with Gasteiger partial charge in [-0.05, 0) is 41.2 Å². The molecule has 0 bridgehead atoms. The molecule has 5 nitrogen and oxygen atoms in total. The van der Waals surface area contributed by atoms with Crippen molar-refractivity contribution in [3.63, 3.8) is 0 Å². The van der Waals surface area contributed by atoms with Gasteiger partial charge in [0.1, 0.15) is 10.7 Å². The Kier molecular flexibility index (Phi) is 5.21. The molecule has 9 heteroatoms. The minimum atomic E-state index is -3.84. The van der Waals surface area contributed by atoms with Crippen molar-refractivity contribution in [1.29, 1.82) is 0 Å². The van der Waals surface area contributed by atoms with Crippen LogP contribution in [0.1, 0.15) is 5.76 Å². The number of rotatable bonds is 5. The number of hydrogen-bond acceptors (Lipinski definition) is 4. The van der Waals surface area contributed by atoms with E-state index in [1.165, 1.54) is 18.2 Å². The maximum absolute atomic E-state index is 12.4. The standard InChI is InChI=1S/C12H11BrCl2N2O3S/c1-16-6-8-5-11(12(13)20-8)21(18,19)17-10-4-7(14)2-3-9(10)15/h2-5,16-17H,6H2,1H3. The van der Waals surface area contributed by atoms with E-state index >= 15 is 0 Å². The Labute approximate surface area is 140 Å². The predicted molar refractivity (Wildman–Crippen MR) is 86.4 cm³/mol. The third kappa shape index (κ3) is 3.92. The molecule has 1 aromatic heterocycles. The maximum atomic E-state index is 12.4. The number of sulfonamides is 1. The highest BCUT2D eigenvalue weighted by Crippen LogP contribution is 2.31. The third-order valence-corrected chi connectivity index (χ3v) is 5.31. The van der Waals surface area contributed by atoms with Gasteiger partial charge in [-0.25, -0.2) is 8.42 Å². The fourth-order valence-corrected chi connectivity index (χ4v) is 4.08. The van der Waals surface area contributed by atoms with Crippen molar-refractivity contribution in [2.45, 2.75) is 11.4 Å². The summed E-state index contributed by atoms with van der Waals surface area (Å²) >= 11 is 14.9. The van der Waals surface area contributed by atoms with Crippen molar-refractivity contribution in [2.24, 2.45) is 0 Å². The molecular formula is C12H11BrCl2N2O3S. The van der Waals surface area contributed by atoms with E-state index in [4.69, 9.17) is 27.6 Å². The first-order chi connectivity index (χ1) is 9.83. The first kappa shape index (κ1) is 16.6. The number of nitrogens with one attached hydrogen (secondary N) is 2. The molecule has 0 aliphatic carbocycles. The molecule has 0 amide bonds. The second-order valence-electron chi connectivity index (χ2n) is 4.11. The van der Waals surface area contributed by atoms with Crippen LogP contribution in [0.2, 0.25) is 10.0 Å². The van der Waals surface area contributed by atoms with Crippen LogP contribution >= 0.6 is 39.1 Å². The average molecular weight is 414 g/mol. The van der Waals surface area contributed by atoms with Gasteiger partial charge < -0.3 is 9.73 Å². The summed E-state index contributed by atoms with van der Waals surface area (Å²) in [6.45, 7) is 0.409. The van der Waals surface area contributed by atoms with E-state index in [9.17, 15) is 8.42 Å². The first-order valence-corrected chi connectivity index (χ1v) is 8.77. The van der Waals surface area contributed by atoms with Gasteiger partial charge in [0.05, 0.1) is 17.3 Å². The Balaban J connectivity index is 2.36. The molecule has 0 saturated heterocycles. The van der Waals surface area contributed by atoms with Crippen molar-refractivity contribution in [3.05, 3.63) is 44.7 Å². The van der Waals surface area contributed by atoms with Gasteiger partial charge in [-0.1, -0.05) is 23.2 Å². The summed E-state index contributed by atoms with van der Waals surface area (Å²) in [5, 5.41) is 3.50. The molecule has 0 atom stereocenters. The zero-order chi connectivity index (χ0) is 15.6. The van der Waals surface area contributed by atoms with E-state index in [1.807, 2.05) is 0 Å². The van der Waals surface area contributed by atoms with Crippen molar-refractivity contribution >= 4 is 54.8 Å². The summed E-state index contributed by atoms with van der Waals surface area (Å²) in [4.78, 5) is -0.0104. The predicted octanol–water partition coefficient (Wildman–Crippen LogP) is 3.87. The van der Waals surface area contributed by atoms with E-state index in [-0.39, 0.29) is 20.3 Å². The maximum Gasteiger partial charge on any atom is 0.266 e. The lowest BCUT2D eigenvalue weighted by Gasteiger charge is -2.08. The number of benzene rings is 1. The fraction of sp³-hybridized carbons (Fsp3) is 0.167. The van der Waals surface area contributed by atoms with E-state index < -0.39 is 10.0 Å². The summed E-state index contributed by atoms with van der Waals surface area (Å²) in [6.07, 6.45) is 0. The molecule has 2 aromatic rings. The molecule has 0 aliphatic heterocycles. The molecule has 0 fully saturated rings. The SMILES string of the molecule is CNCc1cc(S(=O)(=O)Nc2cc(Cl)ccc2Cl)c(Br)o1. The number of halogens is 3. The lowest BCUT2D eigenvalue weighted by atomic mass is 10.3. The molecule has 2 N–H and O–H groups in total. The van der Waals surface area contributed by atoms with Crippen molar-refractivity contribution in [1.82, 2.24) is 5.32 Å².